The van der Waals surface area contributed by atoms with Crippen molar-refractivity contribution in [2.75, 3.05) is 11.9 Å². The highest BCUT2D eigenvalue weighted by Crippen LogP contribution is 2.46. The number of amides is 3. The summed E-state index contributed by atoms with van der Waals surface area (Å²) in [6, 6.07) is 11.3. The number of rotatable bonds is 4. The standard InChI is InChI=1S/C26H26F2N4O2/c1-30-16-19-22(29-30)9-6-12-26(19)15-23(33)32(25(34)31(26)2)24-20(27)13-18(14-21(24)28)11-10-17-7-4-3-5-8-17/h3-5,7-8,13-14,16H,6,9-12,15H2,1-2H3/t26-/m0/s1. The summed E-state index contributed by atoms with van der Waals surface area (Å²) >= 11 is 0. The van der Waals surface area contributed by atoms with Crippen LogP contribution in [0.25, 0.3) is 0 Å². The van der Waals surface area contributed by atoms with E-state index in [2.05, 4.69) is 5.10 Å². The van der Waals surface area contributed by atoms with Gasteiger partial charge in [0.15, 0.2) is 11.6 Å². The van der Waals surface area contributed by atoms with Crippen LogP contribution in [0.4, 0.5) is 19.3 Å². The summed E-state index contributed by atoms with van der Waals surface area (Å²) in [6.07, 6.45) is 4.98. The second-order valence-corrected chi connectivity index (χ2v) is 9.19. The third-order valence-corrected chi connectivity index (χ3v) is 7.07. The maximum atomic E-state index is 15.2. The van der Waals surface area contributed by atoms with Crippen LogP contribution in [-0.4, -0.2) is 33.7 Å². The highest BCUT2D eigenvalue weighted by atomic mass is 19.1. The number of imide groups is 1. The predicted molar refractivity (Wildman–Crippen MR) is 123 cm³/mol. The number of urea groups is 1. The summed E-state index contributed by atoms with van der Waals surface area (Å²) in [7, 11) is 3.39. The minimum absolute atomic E-state index is 0.0530. The first-order valence-corrected chi connectivity index (χ1v) is 11.5. The number of aromatic nitrogens is 2. The molecule has 0 saturated carbocycles. The molecule has 1 aliphatic carbocycles. The lowest BCUT2D eigenvalue weighted by atomic mass is 9.75. The van der Waals surface area contributed by atoms with Gasteiger partial charge in [-0.05, 0) is 55.4 Å². The van der Waals surface area contributed by atoms with Crippen LogP contribution >= 0.6 is 0 Å². The Morgan fingerprint density at radius 2 is 1.68 bits per heavy atom. The third kappa shape index (κ3) is 3.57. The van der Waals surface area contributed by atoms with Crippen molar-refractivity contribution in [3.05, 3.63) is 82.7 Å². The van der Waals surface area contributed by atoms with Crippen LogP contribution in [0, 0.1) is 11.6 Å². The lowest BCUT2D eigenvalue weighted by Crippen LogP contribution is -2.62. The van der Waals surface area contributed by atoms with E-state index in [1.165, 1.54) is 17.0 Å². The van der Waals surface area contributed by atoms with Gasteiger partial charge >= 0.3 is 6.03 Å². The van der Waals surface area contributed by atoms with Gasteiger partial charge in [-0.3, -0.25) is 9.48 Å². The van der Waals surface area contributed by atoms with Crippen LogP contribution in [0.3, 0.4) is 0 Å². The first-order valence-electron chi connectivity index (χ1n) is 11.5. The van der Waals surface area contributed by atoms with Gasteiger partial charge in [0.2, 0.25) is 5.91 Å². The summed E-state index contributed by atoms with van der Waals surface area (Å²) in [5.41, 5.74) is 1.76. The molecule has 2 aliphatic rings. The number of hydrogen-bond donors (Lipinski definition) is 0. The fourth-order valence-corrected chi connectivity index (χ4v) is 5.34. The summed E-state index contributed by atoms with van der Waals surface area (Å²) in [4.78, 5) is 28.8. The Balaban J connectivity index is 1.44. The quantitative estimate of drug-likeness (QED) is 0.571. The van der Waals surface area contributed by atoms with Crippen LogP contribution in [0.15, 0.2) is 48.7 Å². The van der Waals surface area contributed by atoms with E-state index in [1.54, 1.807) is 18.8 Å². The molecule has 3 aromatic rings. The van der Waals surface area contributed by atoms with Crippen LogP contribution in [0.1, 0.15) is 41.6 Å². The van der Waals surface area contributed by atoms with Gasteiger partial charge in [-0.1, -0.05) is 30.3 Å². The van der Waals surface area contributed by atoms with Crippen LogP contribution < -0.4 is 4.90 Å². The molecule has 6 nitrogen and oxygen atoms in total. The molecule has 1 fully saturated rings. The highest BCUT2D eigenvalue weighted by molar-refractivity contribution is 6.16. The first kappa shape index (κ1) is 22.3. The Labute approximate surface area is 196 Å². The molecule has 1 saturated heterocycles. The van der Waals surface area contributed by atoms with Gasteiger partial charge in [0, 0.05) is 25.9 Å². The number of nitrogens with zero attached hydrogens (tertiary/aromatic N) is 4. The van der Waals surface area contributed by atoms with E-state index in [0.717, 1.165) is 29.7 Å². The number of fused-ring (bicyclic) bond motifs is 2. The van der Waals surface area contributed by atoms with E-state index in [0.29, 0.717) is 29.7 Å². The molecule has 34 heavy (non-hydrogen) atoms. The van der Waals surface area contributed by atoms with Gasteiger partial charge in [-0.15, -0.1) is 0 Å². The van der Waals surface area contributed by atoms with Crippen molar-refractivity contribution < 1.29 is 18.4 Å². The number of aryl methyl sites for hydroxylation is 4. The molecule has 176 valence electrons. The number of carbonyl (C=O) groups is 2. The summed E-state index contributed by atoms with van der Waals surface area (Å²) in [5.74, 6) is -2.45. The number of benzene rings is 2. The average Bonchev–Trinajstić information content (AvgIpc) is 3.20. The fourth-order valence-electron chi connectivity index (χ4n) is 5.34. The molecule has 8 heteroatoms. The minimum Gasteiger partial charge on any atom is -0.317 e. The number of hydrogen-bond acceptors (Lipinski definition) is 3. The molecule has 0 unspecified atom stereocenters. The molecule has 2 aromatic carbocycles. The average molecular weight is 465 g/mol. The molecule has 0 radical (unpaired) electrons. The van der Waals surface area contributed by atoms with Crippen LogP contribution in [0.2, 0.25) is 0 Å². The minimum atomic E-state index is -0.917. The summed E-state index contributed by atoms with van der Waals surface area (Å²) in [6.45, 7) is 0. The second-order valence-electron chi connectivity index (χ2n) is 9.19. The highest BCUT2D eigenvalue weighted by Gasteiger charge is 2.52. The Kier molecular flexibility index (Phi) is 5.46. The fraction of sp³-hybridized carbons (Fsp3) is 0.346. The van der Waals surface area contributed by atoms with Crippen molar-refractivity contribution in [1.29, 1.82) is 0 Å². The SMILES string of the molecule is CN1C(=O)N(c2c(F)cc(CCc3ccccc3)cc2F)C(=O)C[C@]12CCCc1nn(C)cc12. The zero-order valence-corrected chi connectivity index (χ0v) is 19.2. The zero-order valence-electron chi connectivity index (χ0n) is 19.2. The van der Waals surface area contributed by atoms with Crippen molar-refractivity contribution in [3.63, 3.8) is 0 Å². The van der Waals surface area contributed by atoms with Crippen LogP contribution in [-0.2, 0) is 36.6 Å². The first-order chi connectivity index (χ1) is 16.3. The molecule has 0 N–H and O–H groups in total. The van der Waals surface area contributed by atoms with Crippen molar-refractivity contribution >= 4 is 17.6 Å². The molecule has 1 spiro atoms. The van der Waals surface area contributed by atoms with Crippen molar-refractivity contribution in [2.24, 2.45) is 7.05 Å². The largest absolute Gasteiger partial charge is 0.332 e. The normalized spacial score (nSPS) is 20.2. The van der Waals surface area contributed by atoms with Gasteiger partial charge in [-0.2, -0.15) is 5.10 Å². The van der Waals surface area contributed by atoms with Crippen molar-refractivity contribution in [1.82, 2.24) is 14.7 Å². The Morgan fingerprint density at radius 1 is 1.00 bits per heavy atom. The summed E-state index contributed by atoms with van der Waals surface area (Å²) < 4.78 is 32.0. The van der Waals surface area contributed by atoms with E-state index in [1.807, 2.05) is 36.5 Å². The molecule has 0 bridgehead atoms. The molecule has 1 atom stereocenters. The third-order valence-electron chi connectivity index (χ3n) is 7.07. The topological polar surface area (TPSA) is 58.4 Å². The van der Waals surface area contributed by atoms with E-state index < -0.39 is 34.8 Å². The lowest BCUT2D eigenvalue weighted by Gasteiger charge is -2.49. The lowest BCUT2D eigenvalue weighted by molar-refractivity contribution is -0.122. The molecular weight excluding hydrogens is 438 g/mol. The summed E-state index contributed by atoms with van der Waals surface area (Å²) in [5, 5.41) is 4.47. The van der Waals surface area contributed by atoms with E-state index in [-0.39, 0.29) is 6.42 Å². The molecule has 2 heterocycles. The number of halogens is 2. The smallest absolute Gasteiger partial charge is 0.317 e. The van der Waals surface area contributed by atoms with Crippen molar-refractivity contribution in [2.45, 2.75) is 44.1 Å². The van der Waals surface area contributed by atoms with Gasteiger partial charge in [0.25, 0.3) is 0 Å². The molecule has 1 aromatic heterocycles. The zero-order chi connectivity index (χ0) is 24.0. The van der Waals surface area contributed by atoms with Gasteiger partial charge in [0.1, 0.15) is 5.69 Å². The molecule has 5 rings (SSSR count). The Hall–Kier alpha value is -3.55. The monoisotopic (exact) mass is 464 g/mol. The molecule has 3 amide bonds. The van der Waals surface area contributed by atoms with E-state index >= 15 is 8.78 Å². The number of carbonyl (C=O) groups excluding carboxylic acids is 2. The molecule has 1 aliphatic heterocycles. The molecular formula is C26H26F2N4O2. The van der Waals surface area contributed by atoms with Gasteiger partial charge in [-0.25, -0.2) is 18.5 Å². The van der Waals surface area contributed by atoms with E-state index in [4.69, 9.17) is 0 Å². The van der Waals surface area contributed by atoms with Gasteiger partial charge < -0.3 is 4.90 Å². The number of anilines is 1. The predicted octanol–water partition coefficient (Wildman–Crippen LogP) is 4.50. The second kappa shape index (κ2) is 8.34. The Morgan fingerprint density at radius 3 is 2.38 bits per heavy atom. The van der Waals surface area contributed by atoms with E-state index in [9.17, 15) is 9.59 Å². The Bertz CT molecular complexity index is 1250. The van der Waals surface area contributed by atoms with Crippen LogP contribution in [0.5, 0.6) is 0 Å². The van der Waals surface area contributed by atoms with Crippen molar-refractivity contribution in [3.8, 4) is 0 Å². The maximum absolute atomic E-state index is 15.2. The van der Waals surface area contributed by atoms with Gasteiger partial charge in [0.05, 0.1) is 17.7 Å². The maximum Gasteiger partial charge on any atom is 0.332 e.